The summed E-state index contributed by atoms with van der Waals surface area (Å²) in [5.41, 5.74) is 1.03. The minimum atomic E-state index is -4.98. The van der Waals surface area contributed by atoms with Gasteiger partial charge in [-0.3, -0.25) is 45.9 Å². The molecule has 4 heterocycles. The van der Waals surface area contributed by atoms with E-state index < -0.39 is 93.8 Å². The average Bonchev–Trinajstić information content (AvgIpc) is 4.00. The van der Waals surface area contributed by atoms with Crippen molar-refractivity contribution in [1.29, 1.82) is 0 Å². The number of hydrogen-bond acceptors (Lipinski definition) is 33. The Bertz CT molecular complexity index is 3090. The van der Waals surface area contributed by atoms with Gasteiger partial charge in [0.25, 0.3) is 15.9 Å². The molecular weight excluding hydrogens is 1110 g/mol. The maximum absolute atomic E-state index is 15.0. The number of benzene rings is 2. The van der Waals surface area contributed by atoms with E-state index >= 15 is 0 Å². The first kappa shape index (κ1) is 61.6. The van der Waals surface area contributed by atoms with Crippen molar-refractivity contribution in [3.8, 4) is 51.8 Å². The Kier molecular flexibility index (Phi) is 23.7. The first-order valence-electron chi connectivity index (χ1n) is 23.5. The van der Waals surface area contributed by atoms with Crippen LogP contribution >= 0.6 is 0 Å². The van der Waals surface area contributed by atoms with Gasteiger partial charge in [0.05, 0.1) is 56.3 Å². The molecule has 4 aromatic heterocycles. The van der Waals surface area contributed by atoms with Crippen LogP contribution in [0.1, 0.15) is 36.8 Å². The van der Waals surface area contributed by atoms with E-state index in [1.165, 1.54) is 74.1 Å². The lowest BCUT2D eigenvalue weighted by atomic mass is 10.2. The summed E-state index contributed by atoms with van der Waals surface area (Å²) in [6.07, 6.45) is -0.237. The van der Waals surface area contributed by atoms with Gasteiger partial charge in [0, 0.05) is 18.0 Å². The third kappa shape index (κ3) is 19.6. The van der Waals surface area contributed by atoms with Crippen LogP contribution < -0.4 is 23.3 Å². The number of ether oxygens (including phenoxy) is 9. The number of methoxy groups -OCH3 is 1. The normalized spacial score (nSPS) is 11.3. The molecule has 0 atom stereocenters. The Labute approximate surface area is 457 Å². The summed E-state index contributed by atoms with van der Waals surface area (Å²) in [4.78, 5) is 69.8. The van der Waals surface area contributed by atoms with Crippen molar-refractivity contribution in [2.45, 2.75) is 51.0 Å². The van der Waals surface area contributed by atoms with Crippen molar-refractivity contribution >= 4 is 34.3 Å². The maximum Gasteiger partial charge on any atom is 0.513 e. The Morgan fingerprint density at radius 1 is 0.679 bits per heavy atom. The van der Waals surface area contributed by atoms with Gasteiger partial charge >= 0.3 is 18.5 Å². The highest BCUT2D eigenvalue weighted by Gasteiger charge is 2.35. The lowest BCUT2D eigenvalue weighted by Crippen LogP contribution is -2.36. The first-order chi connectivity index (χ1) is 39.0. The number of tetrazole rings is 1. The largest absolute Gasteiger partial charge is 0.513 e. The zero-order valence-electron chi connectivity index (χ0n) is 42.7. The number of hydrogen-bond donors (Lipinski definition) is 6. The van der Waals surface area contributed by atoms with Crippen molar-refractivity contribution in [2.24, 2.45) is 0 Å². The Balaban J connectivity index is 1.39. The average molecular weight is 1160 g/mol. The van der Waals surface area contributed by atoms with E-state index in [1.54, 1.807) is 25.1 Å². The monoisotopic (exact) mass is 1160 g/mol. The molecule has 0 unspecified atom stereocenters. The molecule has 0 aliphatic heterocycles. The van der Waals surface area contributed by atoms with Gasteiger partial charge in [0.2, 0.25) is 11.6 Å². The summed E-state index contributed by atoms with van der Waals surface area (Å²) >= 11 is 0. The smallest absolute Gasteiger partial charge is 0.493 e. The number of para-hydroxylation sites is 2. The molecule has 6 aromatic rings. The van der Waals surface area contributed by atoms with Crippen LogP contribution in [-0.4, -0.2) is 168 Å². The molecule has 0 bridgehead atoms. The minimum Gasteiger partial charge on any atom is -0.493 e. The summed E-state index contributed by atoms with van der Waals surface area (Å²) < 4.78 is 80.8. The predicted octanol–water partition coefficient (Wildman–Crippen LogP) is 4.80. The van der Waals surface area contributed by atoms with Gasteiger partial charge < -0.3 is 42.6 Å². The Morgan fingerprint density at radius 2 is 1.36 bits per heavy atom. The van der Waals surface area contributed by atoms with Crippen molar-refractivity contribution in [3.05, 3.63) is 96.3 Å². The van der Waals surface area contributed by atoms with E-state index in [0.29, 0.717) is 15.4 Å². The molecule has 0 saturated carbocycles. The maximum atomic E-state index is 15.0. The third-order valence-corrected chi connectivity index (χ3v) is 11.7. The Morgan fingerprint density at radius 3 is 2.04 bits per heavy atom. The SMILES string of the molecule is COc1ccccc1Oc1c(OCCOC(=O)Oc2cccc(CON(O)O)c2)nc(-c2ccnc(-c3nnnn3COC(=O)OCCCCON(O)O)c2)nc1N(COC(=O)OCCCCON(O)O)S(=O)(=O)c1ccc(C)cn1. The van der Waals surface area contributed by atoms with Gasteiger partial charge in [-0.25, -0.2) is 33.5 Å². The van der Waals surface area contributed by atoms with Gasteiger partial charge in [-0.1, -0.05) is 30.3 Å². The number of aromatic nitrogens is 8. The summed E-state index contributed by atoms with van der Waals surface area (Å²) in [6.45, 7) is -2.16. The highest BCUT2D eigenvalue weighted by atomic mass is 32.2. The van der Waals surface area contributed by atoms with Crippen molar-refractivity contribution in [1.82, 2.24) is 56.3 Å². The molecule has 6 N–H and O–H groups in total. The molecule has 6 rings (SSSR count). The highest BCUT2D eigenvalue weighted by molar-refractivity contribution is 7.92. The fraction of sp³-hybridized carbons (Fsp3) is 0.333. The second kappa shape index (κ2) is 31.2. The summed E-state index contributed by atoms with van der Waals surface area (Å²) in [5.74, 6) is -2.08. The lowest BCUT2D eigenvalue weighted by molar-refractivity contribution is -0.497. The van der Waals surface area contributed by atoms with Gasteiger partial charge in [-0.15, -0.1) is 5.10 Å². The molecule has 36 heteroatoms. The van der Waals surface area contributed by atoms with Crippen molar-refractivity contribution in [2.75, 3.05) is 57.8 Å². The second-order valence-corrected chi connectivity index (χ2v) is 17.6. The van der Waals surface area contributed by atoms with Crippen LogP contribution in [0.3, 0.4) is 0 Å². The molecule has 81 heavy (non-hydrogen) atoms. The second-order valence-electron chi connectivity index (χ2n) is 15.8. The van der Waals surface area contributed by atoms with Crippen LogP contribution in [0, 0.1) is 6.92 Å². The van der Waals surface area contributed by atoms with Crippen molar-refractivity contribution < 1.29 is 111 Å². The zero-order valence-corrected chi connectivity index (χ0v) is 43.5. The predicted molar refractivity (Wildman–Crippen MR) is 259 cm³/mol. The summed E-state index contributed by atoms with van der Waals surface area (Å²) in [5, 5.41) is 62.2. The van der Waals surface area contributed by atoms with Gasteiger partial charge in [-0.05, 0) is 96.6 Å². The molecule has 0 amide bonds. The van der Waals surface area contributed by atoms with Crippen LogP contribution in [0.25, 0.3) is 22.9 Å². The number of unbranched alkanes of at least 4 members (excludes halogenated alkanes) is 2. The molecule has 0 fully saturated rings. The fourth-order valence-electron chi connectivity index (χ4n) is 6.39. The molecule has 35 nitrogen and oxygen atoms in total. The molecule has 2 aromatic carbocycles. The molecule has 0 aliphatic rings. The number of carbonyl (C=O) groups is 3. The van der Waals surface area contributed by atoms with Gasteiger partial charge in [-0.2, -0.15) is 18.1 Å². The Hall–Kier alpha value is -8.63. The summed E-state index contributed by atoms with van der Waals surface area (Å²) in [6, 6.07) is 17.4. The van der Waals surface area contributed by atoms with Crippen molar-refractivity contribution in [3.63, 3.8) is 0 Å². The van der Waals surface area contributed by atoms with E-state index in [-0.39, 0.29) is 98.9 Å². The lowest BCUT2D eigenvalue weighted by Gasteiger charge is -2.26. The minimum absolute atomic E-state index is 0.0133. The first-order valence-corrected chi connectivity index (χ1v) is 24.9. The topological polar surface area (TPSA) is 426 Å². The summed E-state index contributed by atoms with van der Waals surface area (Å²) in [7, 11) is -3.65. The van der Waals surface area contributed by atoms with Gasteiger partial charge in [0.1, 0.15) is 24.7 Å². The van der Waals surface area contributed by atoms with E-state index in [9.17, 15) is 22.8 Å². The molecule has 0 aliphatic carbocycles. The van der Waals surface area contributed by atoms with E-state index in [2.05, 4.69) is 50.0 Å². The van der Waals surface area contributed by atoms with E-state index in [4.69, 9.17) is 73.9 Å². The number of pyridine rings is 2. The number of aryl methyl sites for hydroxylation is 1. The number of rotatable bonds is 32. The van der Waals surface area contributed by atoms with Crippen LogP contribution in [-0.2, 0) is 61.6 Å². The molecule has 0 saturated heterocycles. The standard InChI is InChI=1S/C45H52N12O23S/c1-30-14-15-37(47-26-30)81(67,68)54(29-75-44(59)72-19-6-8-21-77-56(63)64)41-38(80-36-13-4-3-12-35(36)69-2)42(70-22-23-73-45(60)79-33-11-9-10-31(24-33)27-78-57(65)66)49-39(48-41)32-16-17-46-34(25-32)40-50-51-52-53(40)28-74-43(58)71-18-5-7-20-76-55(61)62/h3-4,9-17,24-26,61-66H,5-8,18-23,27-29H2,1-2H3. The highest BCUT2D eigenvalue weighted by Crippen LogP contribution is 2.44. The molecule has 436 valence electrons. The quantitative estimate of drug-likeness (QED) is 0.00824. The number of sulfonamides is 1. The van der Waals surface area contributed by atoms with E-state index in [1.807, 2.05) is 0 Å². The number of nitrogens with zero attached hydrogens (tertiary/aromatic N) is 12. The van der Waals surface area contributed by atoms with Crippen LogP contribution in [0.4, 0.5) is 20.2 Å². The molecule has 0 radical (unpaired) electrons. The van der Waals surface area contributed by atoms with Crippen LogP contribution in [0.2, 0.25) is 0 Å². The number of carbonyl (C=O) groups excluding carboxylic acids is 3. The molecular formula is C45H52N12O23S. The van der Waals surface area contributed by atoms with E-state index in [0.717, 1.165) is 4.68 Å². The zero-order chi connectivity index (χ0) is 58.2. The van der Waals surface area contributed by atoms with Crippen LogP contribution in [0.15, 0.2) is 90.2 Å². The molecule has 0 spiro atoms. The van der Waals surface area contributed by atoms with Crippen LogP contribution in [0.5, 0.6) is 28.9 Å². The third-order valence-electron chi connectivity index (χ3n) is 10.1. The van der Waals surface area contributed by atoms with Gasteiger partial charge in [0.15, 0.2) is 41.6 Å². The number of anilines is 1. The fourth-order valence-corrected chi connectivity index (χ4v) is 7.58.